The molecule has 6 heteroatoms. The molecule has 2 atom stereocenters. The van der Waals surface area contributed by atoms with Crippen LogP contribution in [0.5, 0.6) is 0 Å². The summed E-state index contributed by atoms with van der Waals surface area (Å²) >= 11 is 0. The minimum atomic E-state index is -0.524. The van der Waals surface area contributed by atoms with Gasteiger partial charge in [-0.3, -0.25) is 0 Å². The van der Waals surface area contributed by atoms with Crippen molar-refractivity contribution in [3.8, 4) is 0 Å². The molecule has 6 nitrogen and oxygen atoms in total. The van der Waals surface area contributed by atoms with Crippen molar-refractivity contribution >= 4 is 11.9 Å². The average Bonchev–Trinajstić information content (AvgIpc) is 2.44. The summed E-state index contributed by atoms with van der Waals surface area (Å²) in [6, 6.07) is 0.667. The van der Waals surface area contributed by atoms with E-state index >= 15 is 0 Å². The molecule has 128 valence electrons. The highest BCUT2D eigenvalue weighted by Gasteiger charge is 2.07. The fourth-order valence-corrected chi connectivity index (χ4v) is 1.41. The largest absolute Gasteiger partial charge is 0.462 e. The van der Waals surface area contributed by atoms with Gasteiger partial charge in [-0.05, 0) is 54.9 Å². The quantitative estimate of drug-likeness (QED) is 0.448. The Morgan fingerprint density at radius 1 is 0.818 bits per heavy atom. The highest BCUT2D eigenvalue weighted by molar-refractivity contribution is 5.91. The lowest BCUT2D eigenvalue weighted by Crippen LogP contribution is -2.26. The van der Waals surface area contributed by atoms with E-state index in [4.69, 9.17) is 9.47 Å². The zero-order valence-electron chi connectivity index (χ0n) is 14.7. The summed E-state index contributed by atoms with van der Waals surface area (Å²) in [5.41, 5.74) is 0. The maximum atomic E-state index is 11.4. The van der Waals surface area contributed by atoms with Crippen molar-refractivity contribution in [2.75, 3.05) is 41.4 Å². The molecule has 0 aliphatic rings. The highest BCUT2D eigenvalue weighted by Crippen LogP contribution is 2.00. The van der Waals surface area contributed by atoms with Crippen molar-refractivity contribution in [2.24, 2.45) is 0 Å². The maximum absolute atomic E-state index is 11.4. The zero-order valence-corrected chi connectivity index (χ0v) is 14.7. The van der Waals surface area contributed by atoms with Gasteiger partial charge in [-0.2, -0.15) is 0 Å². The van der Waals surface area contributed by atoms with E-state index in [0.717, 1.165) is 25.0 Å². The molecule has 0 fully saturated rings. The summed E-state index contributed by atoms with van der Waals surface area (Å²) in [7, 11) is 7.89. The molecule has 2 unspecified atom stereocenters. The van der Waals surface area contributed by atoms with Gasteiger partial charge in [0.25, 0.3) is 0 Å². The van der Waals surface area contributed by atoms with Crippen LogP contribution in [-0.2, 0) is 19.1 Å². The van der Waals surface area contributed by atoms with Crippen LogP contribution < -0.4 is 0 Å². The van der Waals surface area contributed by atoms with Gasteiger partial charge in [0, 0.05) is 24.2 Å². The summed E-state index contributed by atoms with van der Waals surface area (Å²) < 4.78 is 10.0. The Hall–Kier alpha value is -1.40. The van der Waals surface area contributed by atoms with E-state index in [9.17, 15) is 9.59 Å². The second-order valence-electron chi connectivity index (χ2n) is 5.87. The Labute approximate surface area is 134 Å². The van der Waals surface area contributed by atoms with Gasteiger partial charge in [0.1, 0.15) is 0 Å². The molecular weight excluding hydrogens is 284 g/mol. The predicted octanol–water partition coefficient (Wildman–Crippen LogP) is 1.31. The van der Waals surface area contributed by atoms with E-state index in [0.29, 0.717) is 25.3 Å². The number of carbonyl (C=O) groups excluding carboxylic acids is 2. The van der Waals surface area contributed by atoms with Crippen LogP contribution in [0.25, 0.3) is 0 Å². The monoisotopic (exact) mass is 314 g/mol. The molecule has 0 N–H and O–H groups in total. The van der Waals surface area contributed by atoms with Gasteiger partial charge in [0.15, 0.2) is 0 Å². The standard InChI is InChI=1S/C16H30N2O4/c1-13(17(3)4)9-11-21-15(19)7-8-16(20)22-12-10-14(2)18(5)6/h7-8,13-14H,9-12H2,1-6H3/b8-7+. The van der Waals surface area contributed by atoms with Crippen LogP contribution >= 0.6 is 0 Å². The molecule has 0 aromatic heterocycles. The van der Waals surface area contributed by atoms with Crippen molar-refractivity contribution in [3.63, 3.8) is 0 Å². The Morgan fingerprint density at radius 3 is 1.41 bits per heavy atom. The summed E-state index contributed by atoms with van der Waals surface area (Å²) in [5, 5.41) is 0. The number of hydrogen-bond acceptors (Lipinski definition) is 6. The number of hydrogen-bond donors (Lipinski definition) is 0. The molecule has 0 aliphatic carbocycles. The van der Waals surface area contributed by atoms with E-state index < -0.39 is 11.9 Å². The number of rotatable bonds is 10. The van der Waals surface area contributed by atoms with Crippen LogP contribution in [-0.4, -0.2) is 75.2 Å². The predicted molar refractivity (Wildman–Crippen MR) is 86.6 cm³/mol. The smallest absolute Gasteiger partial charge is 0.331 e. The van der Waals surface area contributed by atoms with Crippen LogP contribution in [0.2, 0.25) is 0 Å². The Morgan fingerprint density at radius 2 is 1.14 bits per heavy atom. The minimum Gasteiger partial charge on any atom is -0.462 e. The molecule has 0 heterocycles. The van der Waals surface area contributed by atoms with E-state index in [-0.39, 0.29) is 0 Å². The van der Waals surface area contributed by atoms with E-state index in [1.165, 1.54) is 0 Å². The van der Waals surface area contributed by atoms with Gasteiger partial charge in [-0.15, -0.1) is 0 Å². The van der Waals surface area contributed by atoms with Crippen molar-refractivity contribution in [3.05, 3.63) is 12.2 Å². The molecule has 0 aromatic carbocycles. The Balaban J connectivity index is 3.85. The molecule has 22 heavy (non-hydrogen) atoms. The van der Waals surface area contributed by atoms with Crippen LogP contribution in [0.4, 0.5) is 0 Å². The fourth-order valence-electron chi connectivity index (χ4n) is 1.41. The highest BCUT2D eigenvalue weighted by atomic mass is 16.5. The van der Waals surface area contributed by atoms with Gasteiger partial charge in [-0.1, -0.05) is 0 Å². The van der Waals surface area contributed by atoms with Gasteiger partial charge < -0.3 is 19.3 Å². The normalized spacial score (nSPS) is 14.4. The first-order valence-corrected chi connectivity index (χ1v) is 7.58. The second kappa shape index (κ2) is 11.2. The van der Waals surface area contributed by atoms with E-state index in [2.05, 4.69) is 23.6 Å². The first-order chi connectivity index (χ1) is 10.2. The molecule has 0 aromatic rings. The lowest BCUT2D eigenvalue weighted by atomic mass is 10.2. The lowest BCUT2D eigenvalue weighted by molar-refractivity contribution is -0.140. The molecule has 0 saturated heterocycles. The van der Waals surface area contributed by atoms with Crippen molar-refractivity contribution < 1.29 is 19.1 Å². The molecule has 0 bridgehead atoms. The zero-order chi connectivity index (χ0) is 17.1. The van der Waals surface area contributed by atoms with Gasteiger partial charge in [0.2, 0.25) is 0 Å². The molecule has 0 rings (SSSR count). The molecule has 0 spiro atoms. The molecular formula is C16H30N2O4. The lowest BCUT2D eigenvalue weighted by Gasteiger charge is -2.19. The third-order valence-corrected chi connectivity index (χ3v) is 3.68. The van der Waals surface area contributed by atoms with Gasteiger partial charge in [0.05, 0.1) is 13.2 Å². The van der Waals surface area contributed by atoms with E-state index in [1.807, 2.05) is 28.2 Å². The minimum absolute atomic E-state index is 0.331. The van der Waals surface area contributed by atoms with Crippen LogP contribution in [0.1, 0.15) is 26.7 Å². The van der Waals surface area contributed by atoms with Crippen molar-refractivity contribution in [2.45, 2.75) is 38.8 Å². The summed E-state index contributed by atoms with van der Waals surface area (Å²) in [6.45, 7) is 4.77. The van der Waals surface area contributed by atoms with Gasteiger partial charge >= 0.3 is 11.9 Å². The summed E-state index contributed by atoms with van der Waals surface area (Å²) in [6.07, 6.45) is 3.72. The third kappa shape index (κ3) is 10.3. The average molecular weight is 314 g/mol. The van der Waals surface area contributed by atoms with Crippen LogP contribution in [0.15, 0.2) is 12.2 Å². The first-order valence-electron chi connectivity index (χ1n) is 7.58. The fraction of sp³-hybridized carbons (Fsp3) is 0.750. The van der Waals surface area contributed by atoms with Crippen molar-refractivity contribution in [1.82, 2.24) is 9.80 Å². The number of ether oxygens (including phenoxy) is 2. The third-order valence-electron chi connectivity index (χ3n) is 3.68. The molecule has 0 amide bonds. The number of nitrogens with zero attached hydrogens (tertiary/aromatic N) is 2. The summed E-state index contributed by atoms with van der Waals surface area (Å²) in [5.74, 6) is -1.05. The second-order valence-corrected chi connectivity index (χ2v) is 5.87. The van der Waals surface area contributed by atoms with Crippen molar-refractivity contribution in [1.29, 1.82) is 0 Å². The molecule has 0 saturated carbocycles. The van der Waals surface area contributed by atoms with Crippen LogP contribution in [0.3, 0.4) is 0 Å². The Kier molecular flexibility index (Phi) is 10.5. The molecule has 0 radical (unpaired) electrons. The topological polar surface area (TPSA) is 59.1 Å². The molecule has 0 aliphatic heterocycles. The maximum Gasteiger partial charge on any atom is 0.331 e. The Bertz CT molecular complexity index is 333. The van der Waals surface area contributed by atoms with Gasteiger partial charge in [-0.25, -0.2) is 9.59 Å². The van der Waals surface area contributed by atoms with Crippen LogP contribution in [0, 0.1) is 0 Å². The first kappa shape index (κ1) is 20.6. The summed E-state index contributed by atoms with van der Waals surface area (Å²) in [4.78, 5) is 27.0. The number of carbonyl (C=O) groups is 2. The number of esters is 2. The van der Waals surface area contributed by atoms with E-state index in [1.54, 1.807) is 0 Å². The SMILES string of the molecule is CC(CCOC(=O)/C=C/C(=O)OCCC(C)N(C)C)N(C)C.